The Morgan fingerprint density at radius 1 is 0.944 bits per heavy atom. The molecule has 72 heavy (non-hydrogen) atoms. The number of carbonyl (C=O) groups excluding carboxylic acids is 1. The van der Waals surface area contributed by atoms with Crippen molar-refractivity contribution in [1.29, 1.82) is 0 Å². The molecule has 10 rings (SSSR count). The molecule has 378 valence electrons. The highest BCUT2D eigenvalue weighted by Gasteiger charge is 2.34. The number of carbonyl (C=O) groups is 1. The summed E-state index contributed by atoms with van der Waals surface area (Å²) in [6.07, 6.45) is 8.29. The topological polar surface area (TPSA) is 188 Å². The molecular weight excluding hydrogens is 978 g/mol. The van der Waals surface area contributed by atoms with Gasteiger partial charge in [0.05, 0.1) is 26.8 Å². The zero-order chi connectivity index (χ0) is 49.3. The molecule has 0 bridgehead atoms. The van der Waals surface area contributed by atoms with Crippen molar-refractivity contribution in [2.75, 3.05) is 74.1 Å². The highest BCUT2D eigenvalue weighted by atomic mass is 35.5. The first-order chi connectivity index (χ1) is 34.3. The van der Waals surface area contributed by atoms with Crippen LogP contribution in [-0.4, -0.2) is 98.1 Å². The summed E-state index contributed by atoms with van der Waals surface area (Å²) in [5.41, 5.74) is 7.42. The van der Waals surface area contributed by atoms with E-state index in [-0.39, 0.29) is 35.0 Å². The first-order valence-corrected chi connectivity index (χ1v) is 26.2. The van der Waals surface area contributed by atoms with Gasteiger partial charge in [0.15, 0.2) is 0 Å². The highest BCUT2D eigenvalue weighted by molar-refractivity contribution is 7.90. The molecule has 1 aliphatic carbocycles. The van der Waals surface area contributed by atoms with Gasteiger partial charge in [0.1, 0.15) is 23.1 Å². The lowest BCUT2D eigenvalue weighted by Gasteiger charge is -2.39. The van der Waals surface area contributed by atoms with Crippen LogP contribution in [0.4, 0.5) is 28.4 Å². The minimum Gasteiger partial charge on any atom is -0.466 e. The maximum atomic E-state index is 14.7. The largest absolute Gasteiger partial charge is 0.466 e. The normalized spacial score (nSPS) is 18.7. The van der Waals surface area contributed by atoms with E-state index in [1.165, 1.54) is 28.8 Å². The molecule has 16 nitrogen and oxygen atoms in total. The number of aromatic amines is 1. The van der Waals surface area contributed by atoms with Gasteiger partial charge in [0.25, 0.3) is 21.6 Å². The highest BCUT2D eigenvalue weighted by Crippen LogP contribution is 2.45. The molecule has 0 saturated carbocycles. The summed E-state index contributed by atoms with van der Waals surface area (Å²) in [6, 6.07) is 26.8. The van der Waals surface area contributed by atoms with Gasteiger partial charge in [0, 0.05) is 100 Å². The van der Waals surface area contributed by atoms with Crippen LogP contribution in [0.3, 0.4) is 0 Å². The number of nitro groups is 1. The van der Waals surface area contributed by atoms with E-state index in [0.29, 0.717) is 55.6 Å². The van der Waals surface area contributed by atoms with E-state index in [4.69, 9.17) is 26.1 Å². The lowest BCUT2D eigenvalue weighted by atomic mass is 9.72. The first-order valence-electron chi connectivity index (χ1n) is 24.4. The van der Waals surface area contributed by atoms with Crippen molar-refractivity contribution in [1.82, 2.24) is 24.6 Å². The van der Waals surface area contributed by atoms with Gasteiger partial charge < -0.3 is 29.6 Å². The third kappa shape index (κ3) is 11.2. The number of anilines is 4. The van der Waals surface area contributed by atoms with Crippen molar-refractivity contribution in [3.05, 3.63) is 141 Å². The van der Waals surface area contributed by atoms with Gasteiger partial charge >= 0.3 is 0 Å². The molecule has 3 aliphatic heterocycles. The molecule has 3 aromatic carbocycles. The molecule has 0 radical (unpaired) electrons. The Hall–Kier alpha value is -6.24. The summed E-state index contributed by atoms with van der Waals surface area (Å²) in [6.45, 7) is 10.7. The molecular formula is C53H59Cl2N9O7S. The number of benzene rings is 3. The average molecular weight is 1040 g/mol. The van der Waals surface area contributed by atoms with Crippen LogP contribution in [0.15, 0.2) is 114 Å². The number of allylic oxidation sites excluding steroid dienone is 1. The molecule has 2 saturated heterocycles. The number of halogens is 2. The van der Waals surface area contributed by atoms with E-state index in [2.05, 4.69) is 55.8 Å². The fraction of sp³-hybridized carbons (Fsp3) is 0.377. The summed E-state index contributed by atoms with van der Waals surface area (Å²) in [4.78, 5) is 45.4. The molecule has 6 aromatic rings. The van der Waals surface area contributed by atoms with Crippen molar-refractivity contribution >= 4 is 85.0 Å². The van der Waals surface area contributed by atoms with Crippen molar-refractivity contribution in [2.24, 2.45) is 11.3 Å². The average Bonchev–Trinajstić information content (AvgIpc) is 3.75. The monoisotopic (exact) mass is 1040 g/mol. The summed E-state index contributed by atoms with van der Waals surface area (Å²) in [5.74, 6) is -0.316. The van der Waals surface area contributed by atoms with Crippen molar-refractivity contribution in [3.63, 3.8) is 0 Å². The Morgan fingerprint density at radius 2 is 1.74 bits per heavy atom. The van der Waals surface area contributed by atoms with E-state index in [1.807, 2.05) is 59.5 Å². The van der Waals surface area contributed by atoms with Crippen molar-refractivity contribution in [2.45, 2.75) is 63.4 Å². The molecule has 4 aliphatic rings. The SMILES string of the molecule is CC1(C)CCC(CN2CCN(c3ccc(C(=O)NS(=O)(=O)c4ccc(NCC5CCOCC5)c([N+](=O)[O-])c4)c(N4CCC(c5ccccn5)Oc5nc6[nH]ccc6cc54)c3)CC2)=C(c2ccc(Cl)cc2)C1.Cl. The van der Waals surface area contributed by atoms with Crippen molar-refractivity contribution in [3.8, 4) is 5.88 Å². The Labute approximate surface area is 430 Å². The van der Waals surface area contributed by atoms with Gasteiger partial charge in [-0.25, -0.2) is 13.1 Å². The summed E-state index contributed by atoms with van der Waals surface area (Å²) in [7, 11) is -4.62. The second kappa shape index (κ2) is 21.5. The number of hydrogen-bond donors (Lipinski definition) is 3. The number of nitrogens with one attached hydrogen (secondary N) is 3. The Balaban J connectivity index is 0.00000640. The Kier molecular flexibility index (Phi) is 15.1. The smallest absolute Gasteiger partial charge is 0.293 e. The maximum absolute atomic E-state index is 14.7. The van der Waals surface area contributed by atoms with Crippen LogP contribution < -0.4 is 24.6 Å². The minimum absolute atomic E-state index is 0. The predicted octanol–water partition coefficient (Wildman–Crippen LogP) is 10.3. The van der Waals surface area contributed by atoms with Gasteiger partial charge in [-0.05, 0) is 121 Å². The number of amides is 1. The van der Waals surface area contributed by atoms with E-state index in [9.17, 15) is 23.3 Å². The van der Waals surface area contributed by atoms with Crippen LogP contribution in [0.2, 0.25) is 5.02 Å². The third-order valence-electron chi connectivity index (χ3n) is 14.3. The number of ether oxygens (including phenoxy) is 2. The lowest BCUT2D eigenvalue weighted by Crippen LogP contribution is -2.47. The molecule has 3 aromatic heterocycles. The fourth-order valence-electron chi connectivity index (χ4n) is 10.3. The standard InChI is InChI=1S/C53H58ClN9O7S.ClH/c1-53(2)19-14-38(43(32-53)36-6-8-39(54)9-7-36)34-60-23-25-61(26-24-60)40-10-12-42(51(64)59-71(67,68)41-11-13-44(47(31-41)63(65)66)57-33-35-17-27-69-28-18-35)46(30-40)62-22-16-49(45-5-3-4-20-55-45)70-52-48(62)29-37-15-21-56-50(37)58-52;/h3-13,15,20-21,29-31,35,49,57H,14,16-19,22-28,32-34H2,1-2H3,(H,56,58)(H,59,64);1H. The number of nitro benzene ring substituents is 1. The lowest BCUT2D eigenvalue weighted by molar-refractivity contribution is -0.384. The predicted molar refractivity (Wildman–Crippen MR) is 283 cm³/mol. The second-order valence-electron chi connectivity index (χ2n) is 19.7. The number of rotatable bonds is 13. The summed E-state index contributed by atoms with van der Waals surface area (Å²) >= 11 is 6.30. The number of pyridine rings is 2. The molecule has 19 heteroatoms. The summed E-state index contributed by atoms with van der Waals surface area (Å²) < 4.78 is 42.6. The number of fused-ring (bicyclic) bond motifs is 2. The number of aromatic nitrogens is 3. The zero-order valence-corrected chi connectivity index (χ0v) is 42.7. The van der Waals surface area contributed by atoms with E-state index >= 15 is 0 Å². The molecule has 1 atom stereocenters. The van der Waals surface area contributed by atoms with Gasteiger partial charge in [-0.15, -0.1) is 12.4 Å². The minimum atomic E-state index is -4.62. The Morgan fingerprint density at radius 3 is 2.49 bits per heavy atom. The molecule has 6 heterocycles. The van der Waals surface area contributed by atoms with Gasteiger partial charge in [-0.2, -0.15) is 4.98 Å². The second-order valence-corrected chi connectivity index (χ2v) is 21.9. The molecule has 3 N–H and O–H groups in total. The number of H-pyrrole nitrogens is 1. The van der Waals surface area contributed by atoms with Gasteiger partial charge in [-0.1, -0.05) is 49.2 Å². The quantitative estimate of drug-likeness (QED) is 0.0733. The van der Waals surface area contributed by atoms with Gasteiger partial charge in [-0.3, -0.25) is 24.8 Å². The van der Waals surface area contributed by atoms with Crippen LogP contribution in [0.5, 0.6) is 5.88 Å². The van der Waals surface area contributed by atoms with Crippen molar-refractivity contribution < 1.29 is 27.6 Å². The van der Waals surface area contributed by atoms with Crippen LogP contribution in [-0.2, 0) is 14.8 Å². The Bertz CT molecular complexity index is 3090. The van der Waals surface area contributed by atoms with E-state index < -0.39 is 37.5 Å². The first kappa shape index (κ1) is 50.7. The van der Waals surface area contributed by atoms with Gasteiger partial charge in [0.2, 0.25) is 5.88 Å². The number of sulfonamides is 1. The molecule has 2 fully saturated rings. The maximum Gasteiger partial charge on any atom is 0.293 e. The van der Waals surface area contributed by atoms with Crippen LogP contribution in [0, 0.1) is 21.4 Å². The number of nitrogens with zero attached hydrogens (tertiary/aromatic N) is 6. The van der Waals surface area contributed by atoms with Crippen LogP contribution in [0.1, 0.15) is 80.1 Å². The molecule has 1 unspecified atom stereocenters. The van der Waals surface area contributed by atoms with E-state index in [0.717, 1.165) is 92.7 Å². The molecule has 0 spiro atoms. The summed E-state index contributed by atoms with van der Waals surface area (Å²) in [5, 5.41) is 17.0. The number of hydrogen-bond acceptors (Lipinski definition) is 13. The van der Waals surface area contributed by atoms with Crippen LogP contribution >= 0.6 is 24.0 Å². The third-order valence-corrected chi connectivity index (χ3v) is 15.9. The zero-order valence-electron chi connectivity index (χ0n) is 40.3. The molecule has 1 amide bonds. The van der Waals surface area contributed by atoms with Crippen LogP contribution in [0.25, 0.3) is 16.6 Å². The fourth-order valence-corrected chi connectivity index (χ4v) is 11.4. The van der Waals surface area contributed by atoms with E-state index in [1.54, 1.807) is 18.5 Å². The number of piperazine rings is 1.